The standard InChI is InChI=1S/C19H18ClFN2O/c20-16-4-1-15(2-5-16)3-10-19(24)23-13-11-22(12-14-23)18-8-6-17(21)7-9-18/h1-10H,11-14H2. The minimum absolute atomic E-state index is 0.00343. The molecule has 0 atom stereocenters. The first-order chi connectivity index (χ1) is 11.6. The summed E-state index contributed by atoms with van der Waals surface area (Å²) in [7, 11) is 0. The van der Waals surface area contributed by atoms with Gasteiger partial charge in [0, 0.05) is 43.0 Å². The number of piperazine rings is 1. The minimum atomic E-state index is -0.236. The zero-order valence-corrected chi connectivity index (χ0v) is 13.9. The number of nitrogens with zero attached hydrogens (tertiary/aromatic N) is 2. The van der Waals surface area contributed by atoms with Crippen molar-refractivity contribution < 1.29 is 9.18 Å². The Kier molecular flexibility index (Phi) is 5.16. The fraction of sp³-hybridized carbons (Fsp3) is 0.211. The van der Waals surface area contributed by atoms with Gasteiger partial charge in [0.05, 0.1) is 0 Å². The first kappa shape index (κ1) is 16.5. The van der Waals surface area contributed by atoms with Crippen LogP contribution in [-0.4, -0.2) is 37.0 Å². The van der Waals surface area contributed by atoms with Crippen molar-refractivity contribution in [2.24, 2.45) is 0 Å². The van der Waals surface area contributed by atoms with Crippen LogP contribution in [0.25, 0.3) is 6.08 Å². The number of carbonyl (C=O) groups excluding carboxylic acids is 1. The normalized spacial score (nSPS) is 15.1. The zero-order chi connectivity index (χ0) is 16.9. The van der Waals surface area contributed by atoms with Crippen LogP contribution in [0.1, 0.15) is 5.56 Å². The Hall–Kier alpha value is -2.33. The van der Waals surface area contributed by atoms with E-state index in [1.54, 1.807) is 36.4 Å². The van der Waals surface area contributed by atoms with Crippen molar-refractivity contribution in [1.29, 1.82) is 0 Å². The number of benzene rings is 2. The van der Waals surface area contributed by atoms with Gasteiger partial charge >= 0.3 is 0 Å². The number of carbonyl (C=O) groups is 1. The summed E-state index contributed by atoms with van der Waals surface area (Å²) in [6, 6.07) is 13.8. The van der Waals surface area contributed by atoms with Crippen LogP contribution in [-0.2, 0) is 4.79 Å². The summed E-state index contributed by atoms with van der Waals surface area (Å²) in [5.74, 6) is -0.233. The molecule has 1 heterocycles. The first-order valence-corrected chi connectivity index (χ1v) is 8.23. The van der Waals surface area contributed by atoms with Crippen molar-refractivity contribution >= 4 is 29.3 Å². The molecule has 0 aromatic heterocycles. The summed E-state index contributed by atoms with van der Waals surface area (Å²) >= 11 is 5.84. The van der Waals surface area contributed by atoms with Gasteiger partial charge in [0.15, 0.2) is 0 Å². The molecule has 0 bridgehead atoms. The van der Waals surface area contributed by atoms with Crippen LogP contribution in [0.3, 0.4) is 0 Å². The second-order valence-electron chi connectivity index (χ2n) is 5.67. The number of hydrogen-bond donors (Lipinski definition) is 0. The average molecular weight is 345 g/mol. The van der Waals surface area contributed by atoms with E-state index in [4.69, 9.17) is 11.6 Å². The van der Waals surface area contributed by atoms with Crippen LogP contribution in [0.15, 0.2) is 54.6 Å². The molecule has 0 spiro atoms. The van der Waals surface area contributed by atoms with E-state index in [0.29, 0.717) is 18.1 Å². The maximum absolute atomic E-state index is 13.0. The molecule has 124 valence electrons. The van der Waals surface area contributed by atoms with Gasteiger partial charge in [0.2, 0.25) is 5.91 Å². The molecule has 1 aliphatic heterocycles. The highest BCUT2D eigenvalue weighted by Gasteiger charge is 2.19. The fourth-order valence-electron chi connectivity index (χ4n) is 2.68. The van der Waals surface area contributed by atoms with E-state index in [0.717, 1.165) is 24.3 Å². The Bertz CT molecular complexity index is 720. The lowest BCUT2D eigenvalue weighted by Crippen LogP contribution is -2.48. The van der Waals surface area contributed by atoms with Crippen molar-refractivity contribution in [2.75, 3.05) is 31.1 Å². The van der Waals surface area contributed by atoms with Crippen LogP contribution in [0.5, 0.6) is 0 Å². The van der Waals surface area contributed by atoms with Crippen LogP contribution in [0, 0.1) is 5.82 Å². The van der Waals surface area contributed by atoms with Gasteiger partial charge in [-0.15, -0.1) is 0 Å². The second kappa shape index (κ2) is 7.49. The van der Waals surface area contributed by atoms with Gasteiger partial charge in [-0.1, -0.05) is 23.7 Å². The highest BCUT2D eigenvalue weighted by molar-refractivity contribution is 6.30. The van der Waals surface area contributed by atoms with Gasteiger partial charge in [-0.2, -0.15) is 0 Å². The van der Waals surface area contributed by atoms with Crippen molar-refractivity contribution in [2.45, 2.75) is 0 Å². The van der Waals surface area contributed by atoms with E-state index in [1.165, 1.54) is 12.1 Å². The molecule has 2 aromatic carbocycles. The van der Waals surface area contributed by atoms with Crippen molar-refractivity contribution in [3.8, 4) is 0 Å². The summed E-state index contributed by atoms with van der Waals surface area (Å²) in [6.45, 7) is 2.79. The van der Waals surface area contributed by atoms with Crippen LogP contribution < -0.4 is 4.90 Å². The van der Waals surface area contributed by atoms with Crippen LogP contribution in [0.2, 0.25) is 5.02 Å². The summed E-state index contributed by atoms with van der Waals surface area (Å²) in [6.07, 6.45) is 3.39. The zero-order valence-electron chi connectivity index (χ0n) is 13.2. The van der Waals surface area contributed by atoms with Crippen LogP contribution in [0.4, 0.5) is 10.1 Å². The SMILES string of the molecule is O=C(C=Cc1ccc(Cl)cc1)N1CCN(c2ccc(F)cc2)CC1. The minimum Gasteiger partial charge on any atom is -0.368 e. The van der Waals surface area contributed by atoms with E-state index >= 15 is 0 Å². The molecule has 0 saturated carbocycles. The molecule has 5 heteroatoms. The largest absolute Gasteiger partial charge is 0.368 e. The third-order valence-electron chi connectivity index (χ3n) is 4.07. The number of anilines is 1. The van der Waals surface area contributed by atoms with Crippen molar-refractivity contribution in [3.63, 3.8) is 0 Å². The number of amides is 1. The van der Waals surface area contributed by atoms with Gasteiger partial charge in [0.25, 0.3) is 0 Å². The quantitative estimate of drug-likeness (QED) is 0.790. The second-order valence-corrected chi connectivity index (χ2v) is 6.11. The predicted octanol–water partition coefficient (Wildman–Crippen LogP) is 3.84. The molecular formula is C19H18ClFN2O. The highest BCUT2D eigenvalue weighted by atomic mass is 35.5. The molecular weight excluding hydrogens is 327 g/mol. The molecule has 0 aliphatic carbocycles. The molecule has 0 unspecified atom stereocenters. The van der Waals surface area contributed by atoms with E-state index in [1.807, 2.05) is 17.0 Å². The Labute approximate surface area is 145 Å². The number of halogens is 2. The van der Waals surface area contributed by atoms with E-state index in [2.05, 4.69) is 4.90 Å². The summed E-state index contributed by atoms with van der Waals surface area (Å²) in [5.41, 5.74) is 1.93. The Morgan fingerprint density at radius 3 is 2.21 bits per heavy atom. The smallest absolute Gasteiger partial charge is 0.246 e. The topological polar surface area (TPSA) is 23.6 Å². The number of hydrogen-bond acceptors (Lipinski definition) is 2. The molecule has 3 rings (SSSR count). The molecule has 24 heavy (non-hydrogen) atoms. The third kappa shape index (κ3) is 4.15. The van der Waals surface area contributed by atoms with Gasteiger partial charge < -0.3 is 9.80 Å². The average Bonchev–Trinajstić information content (AvgIpc) is 2.62. The van der Waals surface area contributed by atoms with Crippen molar-refractivity contribution in [3.05, 3.63) is 71.0 Å². The van der Waals surface area contributed by atoms with Crippen LogP contribution >= 0.6 is 11.6 Å². The lowest BCUT2D eigenvalue weighted by atomic mass is 10.2. The Balaban J connectivity index is 1.55. The first-order valence-electron chi connectivity index (χ1n) is 7.85. The van der Waals surface area contributed by atoms with Gasteiger partial charge in [-0.3, -0.25) is 4.79 Å². The van der Waals surface area contributed by atoms with Gasteiger partial charge in [0.1, 0.15) is 5.82 Å². The lowest BCUT2D eigenvalue weighted by Gasteiger charge is -2.35. The molecule has 2 aromatic rings. The van der Waals surface area contributed by atoms with Gasteiger partial charge in [-0.05, 0) is 48.0 Å². The molecule has 3 nitrogen and oxygen atoms in total. The monoisotopic (exact) mass is 344 g/mol. The van der Waals surface area contributed by atoms with Crippen molar-refractivity contribution in [1.82, 2.24) is 4.90 Å². The molecule has 1 saturated heterocycles. The third-order valence-corrected chi connectivity index (χ3v) is 4.32. The molecule has 0 N–H and O–H groups in total. The molecule has 0 radical (unpaired) electrons. The summed E-state index contributed by atoms with van der Waals surface area (Å²) in [4.78, 5) is 16.3. The Morgan fingerprint density at radius 1 is 0.958 bits per heavy atom. The predicted molar refractivity (Wildman–Crippen MR) is 95.7 cm³/mol. The van der Waals surface area contributed by atoms with E-state index < -0.39 is 0 Å². The lowest BCUT2D eigenvalue weighted by molar-refractivity contribution is -0.126. The van der Waals surface area contributed by atoms with Gasteiger partial charge in [-0.25, -0.2) is 4.39 Å². The summed E-state index contributed by atoms with van der Waals surface area (Å²) in [5, 5.41) is 0.676. The Morgan fingerprint density at radius 2 is 1.58 bits per heavy atom. The number of rotatable bonds is 3. The summed E-state index contributed by atoms with van der Waals surface area (Å²) < 4.78 is 13.0. The maximum atomic E-state index is 13.0. The van der Waals surface area contributed by atoms with E-state index in [-0.39, 0.29) is 11.7 Å². The molecule has 1 amide bonds. The molecule has 1 fully saturated rings. The van der Waals surface area contributed by atoms with E-state index in [9.17, 15) is 9.18 Å². The highest BCUT2D eigenvalue weighted by Crippen LogP contribution is 2.17. The molecule has 1 aliphatic rings. The maximum Gasteiger partial charge on any atom is 0.246 e. The fourth-order valence-corrected chi connectivity index (χ4v) is 2.81.